The number of rotatable bonds is 7. The fourth-order valence-electron chi connectivity index (χ4n) is 3.46. The number of carbonyl (C=O) groups is 3. The molecule has 27 heavy (non-hydrogen) atoms. The lowest BCUT2D eigenvalue weighted by molar-refractivity contribution is -0.190. The van der Waals surface area contributed by atoms with Crippen LogP contribution in [-0.2, 0) is 9.53 Å². The molecular weight excluding hydrogens is 348 g/mol. The lowest BCUT2D eigenvalue weighted by Crippen LogP contribution is -2.76. The molecular formula is C20H28N2O5. The van der Waals surface area contributed by atoms with Crippen LogP contribution in [0, 0.1) is 5.41 Å². The summed E-state index contributed by atoms with van der Waals surface area (Å²) >= 11 is 0. The van der Waals surface area contributed by atoms with E-state index in [-0.39, 0.29) is 24.0 Å². The molecule has 1 aromatic rings. The SMILES string of the molecule is CCOC1CC(NC(=O)c2cccc(C(=O)N(C)CC)c2)(C(=O)O)C1(C)C. The highest BCUT2D eigenvalue weighted by atomic mass is 16.5. The first kappa shape index (κ1) is 20.9. The highest BCUT2D eigenvalue weighted by molar-refractivity contribution is 6.01. The molecule has 1 fully saturated rings. The lowest BCUT2D eigenvalue weighted by atomic mass is 9.54. The molecule has 7 heteroatoms. The number of carboxylic acids is 1. The van der Waals surface area contributed by atoms with Crippen molar-refractivity contribution >= 4 is 17.8 Å². The fourth-order valence-corrected chi connectivity index (χ4v) is 3.46. The third kappa shape index (κ3) is 3.56. The van der Waals surface area contributed by atoms with Crippen LogP contribution in [-0.4, -0.2) is 59.6 Å². The van der Waals surface area contributed by atoms with Crippen molar-refractivity contribution in [1.29, 1.82) is 0 Å². The van der Waals surface area contributed by atoms with Crippen LogP contribution < -0.4 is 5.32 Å². The van der Waals surface area contributed by atoms with Gasteiger partial charge in [0.2, 0.25) is 0 Å². The van der Waals surface area contributed by atoms with E-state index < -0.39 is 22.8 Å². The molecule has 0 aliphatic heterocycles. The summed E-state index contributed by atoms with van der Waals surface area (Å²) in [7, 11) is 1.68. The number of benzene rings is 1. The first-order valence-electron chi connectivity index (χ1n) is 9.13. The molecule has 0 heterocycles. The first-order valence-corrected chi connectivity index (χ1v) is 9.13. The van der Waals surface area contributed by atoms with Gasteiger partial charge in [0.25, 0.3) is 11.8 Å². The molecule has 2 unspecified atom stereocenters. The largest absolute Gasteiger partial charge is 0.479 e. The molecule has 0 bridgehead atoms. The number of amides is 2. The summed E-state index contributed by atoms with van der Waals surface area (Å²) < 4.78 is 5.61. The van der Waals surface area contributed by atoms with Crippen molar-refractivity contribution in [2.24, 2.45) is 5.41 Å². The Labute approximate surface area is 159 Å². The van der Waals surface area contributed by atoms with Crippen molar-refractivity contribution in [1.82, 2.24) is 10.2 Å². The summed E-state index contributed by atoms with van der Waals surface area (Å²) in [5.41, 5.74) is -1.54. The number of aliphatic carboxylic acids is 1. The molecule has 2 amide bonds. The molecule has 0 saturated heterocycles. The van der Waals surface area contributed by atoms with Gasteiger partial charge in [0.05, 0.1) is 6.10 Å². The van der Waals surface area contributed by atoms with Crippen molar-refractivity contribution in [3.05, 3.63) is 35.4 Å². The van der Waals surface area contributed by atoms with Gasteiger partial charge in [0.15, 0.2) is 0 Å². The van der Waals surface area contributed by atoms with Crippen LogP contribution in [0.1, 0.15) is 54.8 Å². The van der Waals surface area contributed by atoms with Crippen LogP contribution >= 0.6 is 0 Å². The third-order valence-electron chi connectivity index (χ3n) is 5.65. The number of ether oxygens (including phenoxy) is 1. The molecule has 7 nitrogen and oxygen atoms in total. The van der Waals surface area contributed by atoms with Crippen molar-refractivity contribution in [2.75, 3.05) is 20.2 Å². The monoisotopic (exact) mass is 376 g/mol. The quantitative estimate of drug-likeness (QED) is 0.760. The first-order chi connectivity index (χ1) is 12.6. The molecule has 1 aliphatic carbocycles. The lowest BCUT2D eigenvalue weighted by Gasteiger charge is -2.58. The van der Waals surface area contributed by atoms with Crippen LogP contribution in [0.15, 0.2) is 24.3 Å². The smallest absolute Gasteiger partial charge is 0.330 e. The van der Waals surface area contributed by atoms with Crippen molar-refractivity contribution in [3.63, 3.8) is 0 Å². The maximum Gasteiger partial charge on any atom is 0.330 e. The van der Waals surface area contributed by atoms with E-state index >= 15 is 0 Å². The second kappa shape index (κ2) is 7.68. The number of carbonyl (C=O) groups excluding carboxylic acids is 2. The third-order valence-corrected chi connectivity index (χ3v) is 5.65. The minimum atomic E-state index is -1.41. The van der Waals surface area contributed by atoms with E-state index in [0.717, 1.165) is 0 Å². The predicted molar refractivity (Wildman–Crippen MR) is 101 cm³/mol. The highest BCUT2D eigenvalue weighted by Gasteiger charge is 2.66. The number of nitrogens with zero attached hydrogens (tertiary/aromatic N) is 1. The molecule has 0 spiro atoms. The molecule has 1 saturated carbocycles. The minimum Gasteiger partial charge on any atom is -0.479 e. The van der Waals surface area contributed by atoms with Gasteiger partial charge in [-0.15, -0.1) is 0 Å². The number of hydrogen-bond donors (Lipinski definition) is 2. The van der Waals surface area contributed by atoms with Crippen LogP contribution in [0.2, 0.25) is 0 Å². The van der Waals surface area contributed by atoms with Crippen molar-refractivity contribution < 1.29 is 24.2 Å². The van der Waals surface area contributed by atoms with E-state index in [1.165, 1.54) is 11.0 Å². The second-order valence-corrected chi connectivity index (χ2v) is 7.43. The van der Waals surface area contributed by atoms with Crippen LogP contribution in [0.25, 0.3) is 0 Å². The normalized spacial score (nSPS) is 23.2. The molecule has 148 valence electrons. The summed E-state index contributed by atoms with van der Waals surface area (Å²) in [5.74, 6) is -1.80. The average molecular weight is 376 g/mol. The maximum atomic E-state index is 12.8. The molecule has 0 radical (unpaired) electrons. The van der Waals surface area contributed by atoms with Gasteiger partial charge in [-0.25, -0.2) is 4.79 Å². The summed E-state index contributed by atoms with van der Waals surface area (Å²) in [5, 5.41) is 12.5. The van der Waals surface area contributed by atoms with Crippen molar-refractivity contribution in [2.45, 2.75) is 45.8 Å². The number of nitrogens with one attached hydrogen (secondary N) is 1. The molecule has 1 aromatic carbocycles. The second-order valence-electron chi connectivity index (χ2n) is 7.43. The summed E-state index contributed by atoms with van der Waals surface area (Å²) in [6, 6.07) is 6.31. The van der Waals surface area contributed by atoms with Crippen LogP contribution in [0.5, 0.6) is 0 Å². The van der Waals surface area contributed by atoms with Gasteiger partial charge in [0.1, 0.15) is 5.54 Å². The maximum absolute atomic E-state index is 12.8. The molecule has 2 N–H and O–H groups in total. The van der Waals surface area contributed by atoms with Crippen LogP contribution in [0.4, 0.5) is 0 Å². The summed E-state index contributed by atoms with van der Waals surface area (Å²) in [4.78, 5) is 38.6. The van der Waals surface area contributed by atoms with Gasteiger partial charge in [0, 0.05) is 43.2 Å². The van der Waals surface area contributed by atoms with Gasteiger partial charge in [-0.2, -0.15) is 0 Å². The Morgan fingerprint density at radius 2 is 1.89 bits per heavy atom. The zero-order chi connectivity index (χ0) is 20.4. The topological polar surface area (TPSA) is 95.9 Å². The molecule has 2 rings (SSSR count). The van der Waals surface area contributed by atoms with E-state index in [0.29, 0.717) is 18.7 Å². The molecule has 1 aliphatic rings. The van der Waals surface area contributed by atoms with E-state index in [4.69, 9.17) is 4.74 Å². The number of hydrogen-bond acceptors (Lipinski definition) is 4. The Kier molecular flexibility index (Phi) is 5.94. The minimum absolute atomic E-state index is 0.194. The predicted octanol–water partition coefficient (Wildman–Crippen LogP) is 2.17. The Hall–Kier alpha value is -2.41. The average Bonchev–Trinajstić information content (AvgIpc) is 2.65. The van der Waals surface area contributed by atoms with Gasteiger partial charge in [-0.1, -0.05) is 19.9 Å². The number of carboxylic acid groups (broad SMARTS) is 1. The highest BCUT2D eigenvalue weighted by Crippen LogP contribution is 2.51. The Bertz CT molecular complexity index is 746. The zero-order valence-corrected chi connectivity index (χ0v) is 16.5. The molecule has 2 atom stereocenters. The van der Waals surface area contributed by atoms with Gasteiger partial charge in [-0.05, 0) is 32.0 Å². The van der Waals surface area contributed by atoms with Gasteiger partial charge < -0.3 is 20.1 Å². The van der Waals surface area contributed by atoms with Crippen molar-refractivity contribution in [3.8, 4) is 0 Å². The van der Waals surface area contributed by atoms with E-state index in [1.54, 1.807) is 39.1 Å². The van der Waals surface area contributed by atoms with Gasteiger partial charge >= 0.3 is 5.97 Å². The summed E-state index contributed by atoms with van der Waals surface area (Å²) in [6.07, 6.45) is -0.0449. The standard InChI is InChI=1S/C20H28N2O5/c1-6-22(5)17(24)14-10-8-9-13(11-14)16(23)21-20(18(25)26)12-15(27-7-2)19(20,3)4/h8-11,15H,6-7,12H2,1-5H3,(H,21,23)(H,25,26). The molecule has 0 aromatic heterocycles. The Morgan fingerprint density at radius 1 is 1.26 bits per heavy atom. The fraction of sp³-hybridized carbons (Fsp3) is 0.550. The zero-order valence-electron chi connectivity index (χ0n) is 16.5. The van der Waals surface area contributed by atoms with E-state index in [1.807, 2.05) is 13.8 Å². The van der Waals surface area contributed by atoms with Gasteiger partial charge in [-0.3, -0.25) is 9.59 Å². The van der Waals surface area contributed by atoms with E-state index in [2.05, 4.69) is 5.32 Å². The van der Waals surface area contributed by atoms with Crippen LogP contribution in [0.3, 0.4) is 0 Å². The summed E-state index contributed by atoms with van der Waals surface area (Å²) in [6.45, 7) is 8.30. The Balaban J connectivity index is 2.26. The van der Waals surface area contributed by atoms with E-state index in [9.17, 15) is 19.5 Å². The Morgan fingerprint density at radius 3 is 2.41 bits per heavy atom.